The lowest BCUT2D eigenvalue weighted by Crippen LogP contribution is -2.24. The maximum atomic E-state index is 5.92. The molecule has 1 nitrogen and oxygen atoms in total. The fourth-order valence-electron chi connectivity index (χ4n) is 3.07. The molecule has 2 bridgehead atoms. The van der Waals surface area contributed by atoms with Gasteiger partial charge >= 0.3 is 0 Å². The summed E-state index contributed by atoms with van der Waals surface area (Å²) in [6, 6.07) is 0. The maximum absolute atomic E-state index is 5.92. The van der Waals surface area contributed by atoms with Crippen LogP contribution >= 0.6 is 0 Å². The molecule has 1 aliphatic carbocycles. The SMILES string of the molecule is CC(C)OB1CCC2CCC(C1)C2. The van der Waals surface area contributed by atoms with Crippen LogP contribution in [0.2, 0.25) is 12.6 Å². The summed E-state index contributed by atoms with van der Waals surface area (Å²) >= 11 is 0. The molecule has 0 N–H and O–H groups in total. The summed E-state index contributed by atoms with van der Waals surface area (Å²) < 4.78 is 5.92. The van der Waals surface area contributed by atoms with Gasteiger partial charge in [-0.05, 0) is 44.7 Å². The van der Waals surface area contributed by atoms with E-state index in [1.807, 2.05) is 0 Å². The van der Waals surface area contributed by atoms with Crippen molar-refractivity contribution in [3.63, 3.8) is 0 Å². The fraction of sp³-hybridized carbons (Fsp3) is 1.00. The predicted octanol–water partition coefficient (Wildman–Crippen LogP) is 3.22. The van der Waals surface area contributed by atoms with E-state index in [0.29, 0.717) is 13.0 Å². The lowest BCUT2D eigenvalue weighted by atomic mass is 9.57. The second kappa shape index (κ2) is 4.04. The van der Waals surface area contributed by atoms with E-state index in [2.05, 4.69) is 13.8 Å². The van der Waals surface area contributed by atoms with Crippen LogP contribution in [0.25, 0.3) is 0 Å². The third-order valence-electron chi connectivity index (χ3n) is 3.61. The van der Waals surface area contributed by atoms with Crippen molar-refractivity contribution in [2.75, 3.05) is 0 Å². The van der Waals surface area contributed by atoms with Crippen LogP contribution in [0.5, 0.6) is 0 Å². The van der Waals surface area contributed by atoms with E-state index in [4.69, 9.17) is 4.65 Å². The Balaban J connectivity index is 1.86. The minimum Gasteiger partial charge on any atom is -0.434 e. The standard InChI is InChI=1S/C11H21BO/c1-9(2)13-12-6-5-10-3-4-11(7-10)8-12/h9-11H,3-8H2,1-2H3. The highest BCUT2D eigenvalue weighted by atomic mass is 16.4. The molecule has 0 amide bonds. The number of rotatable bonds is 2. The Morgan fingerprint density at radius 1 is 1.15 bits per heavy atom. The van der Waals surface area contributed by atoms with Gasteiger partial charge in [0.1, 0.15) is 0 Å². The first-order valence-electron chi connectivity index (χ1n) is 5.89. The Kier molecular flexibility index (Phi) is 2.97. The van der Waals surface area contributed by atoms with Crippen LogP contribution in [-0.4, -0.2) is 13.0 Å². The molecule has 2 rings (SSSR count). The molecular formula is C11H21BO. The van der Waals surface area contributed by atoms with Gasteiger partial charge in [0.05, 0.1) is 0 Å². The molecule has 74 valence electrons. The molecule has 2 heteroatoms. The Labute approximate surface area is 82.3 Å². The first kappa shape index (κ1) is 9.58. The van der Waals surface area contributed by atoms with E-state index < -0.39 is 0 Å². The second-order valence-electron chi connectivity index (χ2n) is 5.17. The first-order valence-corrected chi connectivity index (χ1v) is 5.89. The summed E-state index contributed by atoms with van der Waals surface area (Å²) in [5, 5.41) is 0. The molecule has 2 aliphatic rings. The van der Waals surface area contributed by atoms with Crippen LogP contribution < -0.4 is 0 Å². The number of hydrogen-bond donors (Lipinski definition) is 0. The number of fused-ring (bicyclic) bond motifs is 2. The van der Waals surface area contributed by atoms with Gasteiger partial charge in [0.25, 0.3) is 6.92 Å². The molecule has 1 saturated carbocycles. The molecule has 2 unspecified atom stereocenters. The van der Waals surface area contributed by atoms with E-state index in [-0.39, 0.29) is 0 Å². The van der Waals surface area contributed by atoms with Crippen LogP contribution in [0.15, 0.2) is 0 Å². The summed E-state index contributed by atoms with van der Waals surface area (Å²) in [4.78, 5) is 0. The smallest absolute Gasteiger partial charge is 0.293 e. The topological polar surface area (TPSA) is 9.23 Å². The molecule has 0 aromatic carbocycles. The molecule has 1 aliphatic heterocycles. The quantitative estimate of drug-likeness (QED) is 0.593. The zero-order chi connectivity index (χ0) is 9.26. The maximum Gasteiger partial charge on any atom is 0.293 e. The highest BCUT2D eigenvalue weighted by Crippen LogP contribution is 2.41. The summed E-state index contributed by atoms with van der Waals surface area (Å²) in [6.45, 7) is 4.89. The fourth-order valence-corrected chi connectivity index (χ4v) is 3.07. The average molecular weight is 180 g/mol. The van der Waals surface area contributed by atoms with Gasteiger partial charge in [0.15, 0.2) is 0 Å². The van der Waals surface area contributed by atoms with Gasteiger partial charge < -0.3 is 4.65 Å². The third kappa shape index (κ3) is 2.49. The molecule has 0 aromatic heterocycles. The predicted molar refractivity (Wildman–Crippen MR) is 57.0 cm³/mol. The summed E-state index contributed by atoms with van der Waals surface area (Å²) in [7, 11) is 0. The van der Waals surface area contributed by atoms with Crippen molar-refractivity contribution in [2.24, 2.45) is 11.8 Å². The van der Waals surface area contributed by atoms with E-state index >= 15 is 0 Å². The van der Waals surface area contributed by atoms with Crippen LogP contribution in [-0.2, 0) is 4.65 Å². The Morgan fingerprint density at radius 2 is 1.92 bits per heavy atom. The Morgan fingerprint density at radius 3 is 2.69 bits per heavy atom. The summed E-state index contributed by atoms with van der Waals surface area (Å²) in [5.74, 6) is 2.04. The summed E-state index contributed by atoms with van der Waals surface area (Å²) in [6.07, 6.45) is 8.98. The van der Waals surface area contributed by atoms with Crippen molar-refractivity contribution in [1.82, 2.24) is 0 Å². The molecule has 13 heavy (non-hydrogen) atoms. The van der Waals surface area contributed by atoms with Crippen molar-refractivity contribution in [2.45, 2.75) is 58.3 Å². The van der Waals surface area contributed by atoms with Crippen LogP contribution in [0.4, 0.5) is 0 Å². The van der Waals surface area contributed by atoms with Gasteiger partial charge in [-0.25, -0.2) is 0 Å². The van der Waals surface area contributed by atoms with E-state index in [9.17, 15) is 0 Å². The Bertz CT molecular complexity index is 169. The van der Waals surface area contributed by atoms with Gasteiger partial charge in [-0.1, -0.05) is 19.3 Å². The molecule has 0 spiro atoms. The lowest BCUT2D eigenvalue weighted by Gasteiger charge is -2.19. The molecule has 1 saturated heterocycles. The lowest BCUT2D eigenvalue weighted by molar-refractivity contribution is 0.238. The monoisotopic (exact) mass is 180 g/mol. The molecular weight excluding hydrogens is 159 g/mol. The van der Waals surface area contributed by atoms with E-state index in [0.717, 1.165) is 11.8 Å². The van der Waals surface area contributed by atoms with Gasteiger partial charge in [-0.2, -0.15) is 0 Å². The van der Waals surface area contributed by atoms with Crippen LogP contribution in [0.3, 0.4) is 0 Å². The Hall–Kier alpha value is 0.0249. The minimum absolute atomic E-state index is 0.418. The zero-order valence-corrected chi connectivity index (χ0v) is 8.96. The van der Waals surface area contributed by atoms with Crippen molar-refractivity contribution >= 4 is 6.92 Å². The van der Waals surface area contributed by atoms with Crippen molar-refractivity contribution in [3.8, 4) is 0 Å². The average Bonchev–Trinajstić information content (AvgIpc) is 2.36. The minimum atomic E-state index is 0.418. The first-order chi connectivity index (χ1) is 6.24. The highest BCUT2D eigenvalue weighted by molar-refractivity contribution is 6.52. The van der Waals surface area contributed by atoms with Crippen LogP contribution in [0, 0.1) is 11.8 Å². The molecule has 2 atom stereocenters. The van der Waals surface area contributed by atoms with Gasteiger partial charge in [0, 0.05) is 6.10 Å². The molecule has 1 heterocycles. The largest absolute Gasteiger partial charge is 0.434 e. The van der Waals surface area contributed by atoms with Crippen molar-refractivity contribution in [3.05, 3.63) is 0 Å². The van der Waals surface area contributed by atoms with E-state index in [1.165, 1.54) is 38.3 Å². The highest BCUT2D eigenvalue weighted by Gasteiger charge is 2.33. The third-order valence-corrected chi connectivity index (χ3v) is 3.61. The second-order valence-corrected chi connectivity index (χ2v) is 5.17. The van der Waals surface area contributed by atoms with Crippen molar-refractivity contribution < 1.29 is 4.65 Å². The normalized spacial score (nSPS) is 33.9. The molecule has 0 aromatic rings. The van der Waals surface area contributed by atoms with Gasteiger partial charge in [-0.3, -0.25) is 0 Å². The van der Waals surface area contributed by atoms with Gasteiger partial charge in [0.2, 0.25) is 0 Å². The van der Waals surface area contributed by atoms with E-state index in [1.54, 1.807) is 0 Å². The van der Waals surface area contributed by atoms with Gasteiger partial charge in [-0.15, -0.1) is 0 Å². The summed E-state index contributed by atoms with van der Waals surface area (Å²) in [5.41, 5.74) is 0. The molecule has 0 radical (unpaired) electrons. The van der Waals surface area contributed by atoms with Crippen molar-refractivity contribution in [1.29, 1.82) is 0 Å². The van der Waals surface area contributed by atoms with Crippen LogP contribution in [0.1, 0.15) is 39.5 Å². The zero-order valence-electron chi connectivity index (χ0n) is 8.96. The molecule has 2 fully saturated rings. The number of hydrogen-bond acceptors (Lipinski definition) is 1.